The Morgan fingerprint density at radius 3 is 2.68 bits per heavy atom. The van der Waals surface area contributed by atoms with Crippen molar-refractivity contribution in [3.63, 3.8) is 0 Å². The van der Waals surface area contributed by atoms with Crippen molar-refractivity contribution in [2.45, 2.75) is 36.7 Å². The molecule has 0 spiro atoms. The van der Waals surface area contributed by atoms with Gasteiger partial charge in [-0.15, -0.1) is 0 Å². The fourth-order valence-electron chi connectivity index (χ4n) is 1.73. The molecule has 0 amide bonds. The number of hydrogen-bond donors (Lipinski definition) is 1. The first-order valence-electron chi connectivity index (χ1n) is 6.25. The summed E-state index contributed by atoms with van der Waals surface area (Å²) in [7, 11) is 0. The van der Waals surface area contributed by atoms with Crippen molar-refractivity contribution in [2.24, 2.45) is 0 Å². The zero-order chi connectivity index (χ0) is 13.7. The lowest BCUT2D eigenvalue weighted by Crippen LogP contribution is -2.07. The molecule has 2 aromatic rings. The third kappa shape index (κ3) is 3.41. The van der Waals surface area contributed by atoms with Crippen LogP contribution in [-0.4, -0.2) is 26.5 Å². The van der Waals surface area contributed by atoms with Gasteiger partial charge in [-0.3, -0.25) is 4.98 Å². The molecule has 2 aromatic heterocycles. The predicted octanol–water partition coefficient (Wildman–Crippen LogP) is 2.97. The molecule has 0 aromatic carbocycles. The molecule has 2 heterocycles. The number of aromatic nitrogens is 4. The molecule has 100 valence electrons. The van der Waals surface area contributed by atoms with E-state index < -0.39 is 0 Å². The second kappa shape index (κ2) is 6.47. The van der Waals surface area contributed by atoms with Gasteiger partial charge in [-0.05, 0) is 24.6 Å². The van der Waals surface area contributed by atoms with Crippen LogP contribution < -0.4 is 5.32 Å². The first kappa shape index (κ1) is 13.7. The summed E-state index contributed by atoms with van der Waals surface area (Å²) in [6.07, 6.45) is 6.67. The number of hydrogen-bond acceptors (Lipinski definition) is 6. The van der Waals surface area contributed by atoms with Gasteiger partial charge in [0.05, 0.1) is 6.20 Å². The molecule has 0 atom stereocenters. The number of anilines is 1. The fraction of sp³-hybridized carbons (Fsp3) is 0.385. The van der Waals surface area contributed by atoms with Gasteiger partial charge in [0, 0.05) is 24.5 Å². The first-order valence-corrected chi connectivity index (χ1v) is 7.06. The van der Waals surface area contributed by atoms with E-state index in [1.54, 1.807) is 24.9 Å². The quantitative estimate of drug-likeness (QED) is 0.846. The van der Waals surface area contributed by atoms with Crippen LogP contribution >= 0.6 is 11.8 Å². The third-order valence-electron chi connectivity index (χ3n) is 2.51. The van der Waals surface area contributed by atoms with E-state index >= 15 is 0 Å². The van der Waals surface area contributed by atoms with E-state index in [0.29, 0.717) is 5.92 Å². The molecule has 0 saturated heterocycles. The summed E-state index contributed by atoms with van der Waals surface area (Å²) >= 11 is 1.52. The van der Waals surface area contributed by atoms with Crippen molar-refractivity contribution < 1.29 is 0 Å². The maximum atomic E-state index is 4.38. The van der Waals surface area contributed by atoms with E-state index in [-0.39, 0.29) is 0 Å². The van der Waals surface area contributed by atoms with Crippen LogP contribution in [0.1, 0.15) is 32.3 Å². The van der Waals surface area contributed by atoms with Crippen LogP contribution in [-0.2, 0) is 0 Å². The Morgan fingerprint density at radius 2 is 2.05 bits per heavy atom. The summed E-state index contributed by atoms with van der Waals surface area (Å²) in [5.74, 6) is 1.24. The normalized spacial score (nSPS) is 10.7. The smallest absolute Gasteiger partial charge is 0.133 e. The second-order valence-corrected chi connectivity index (χ2v) is 5.28. The largest absolute Gasteiger partial charge is 0.370 e. The molecule has 0 aliphatic carbocycles. The SMILES string of the molecule is CCNc1ncnc(Sc2cnccn2)c1C(C)C. The highest BCUT2D eigenvalue weighted by Crippen LogP contribution is 2.34. The van der Waals surface area contributed by atoms with Gasteiger partial charge < -0.3 is 5.32 Å². The van der Waals surface area contributed by atoms with Crippen LogP contribution in [0.15, 0.2) is 35.0 Å². The molecule has 0 fully saturated rings. The van der Waals surface area contributed by atoms with E-state index in [2.05, 4.69) is 46.0 Å². The molecule has 0 aliphatic rings. The molecule has 0 saturated carbocycles. The summed E-state index contributed by atoms with van der Waals surface area (Å²) in [5, 5.41) is 5.05. The molecule has 2 rings (SSSR count). The van der Waals surface area contributed by atoms with Gasteiger partial charge in [0.15, 0.2) is 0 Å². The minimum absolute atomic E-state index is 0.342. The molecule has 19 heavy (non-hydrogen) atoms. The minimum Gasteiger partial charge on any atom is -0.370 e. The van der Waals surface area contributed by atoms with E-state index in [9.17, 15) is 0 Å². The van der Waals surface area contributed by atoms with E-state index in [1.165, 1.54) is 11.8 Å². The Kier molecular flexibility index (Phi) is 4.68. The van der Waals surface area contributed by atoms with Crippen LogP contribution in [0.5, 0.6) is 0 Å². The van der Waals surface area contributed by atoms with Crippen molar-refractivity contribution in [3.8, 4) is 0 Å². The summed E-state index contributed by atoms with van der Waals surface area (Å²) in [6, 6.07) is 0. The summed E-state index contributed by atoms with van der Waals surface area (Å²) in [6.45, 7) is 7.17. The van der Waals surface area contributed by atoms with Crippen molar-refractivity contribution >= 4 is 17.6 Å². The Labute approximate surface area is 117 Å². The Bertz CT molecular complexity index is 530. The van der Waals surface area contributed by atoms with Gasteiger partial charge in [-0.25, -0.2) is 15.0 Å². The third-order valence-corrected chi connectivity index (χ3v) is 3.45. The maximum Gasteiger partial charge on any atom is 0.133 e. The fourth-order valence-corrected chi connectivity index (χ4v) is 2.69. The molecule has 0 bridgehead atoms. The summed E-state index contributed by atoms with van der Waals surface area (Å²) < 4.78 is 0. The van der Waals surface area contributed by atoms with Gasteiger partial charge in [0.2, 0.25) is 0 Å². The lowest BCUT2D eigenvalue weighted by Gasteiger charge is -2.15. The highest BCUT2D eigenvalue weighted by Gasteiger charge is 2.15. The van der Waals surface area contributed by atoms with Gasteiger partial charge >= 0.3 is 0 Å². The number of nitrogens with zero attached hydrogens (tertiary/aromatic N) is 4. The Hall–Kier alpha value is -1.69. The van der Waals surface area contributed by atoms with Crippen molar-refractivity contribution in [3.05, 3.63) is 30.5 Å². The minimum atomic E-state index is 0.342. The van der Waals surface area contributed by atoms with E-state index in [1.807, 2.05) is 0 Å². The standard InChI is InChI=1S/C13H17N5S/c1-4-15-12-11(9(2)3)13(18-8-17-12)19-10-7-14-5-6-16-10/h5-9H,4H2,1-3H3,(H,15,17,18). The van der Waals surface area contributed by atoms with E-state index in [4.69, 9.17) is 0 Å². The summed E-state index contributed by atoms with van der Waals surface area (Å²) in [4.78, 5) is 17.0. The molecule has 0 radical (unpaired) electrons. The monoisotopic (exact) mass is 275 g/mol. The molecule has 5 nitrogen and oxygen atoms in total. The molecule has 0 aliphatic heterocycles. The number of rotatable bonds is 5. The van der Waals surface area contributed by atoms with Crippen molar-refractivity contribution in [2.75, 3.05) is 11.9 Å². The molecule has 0 unspecified atom stereocenters. The van der Waals surface area contributed by atoms with Crippen molar-refractivity contribution in [1.29, 1.82) is 0 Å². The van der Waals surface area contributed by atoms with Crippen LogP contribution in [0.3, 0.4) is 0 Å². The first-order chi connectivity index (χ1) is 9.22. The zero-order valence-corrected chi connectivity index (χ0v) is 12.1. The lowest BCUT2D eigenvalue weighted by molar-refractivity contribution is 0.802. The van der Waals surface area contributed by atoms with E-state index in [0.717, 1.165) is 28.0 Å². The molecular formula is C13H17N5S. The zero-order valence-electron chi connectivity index (χ0n) is 11.3. The highest BCUT2D eigenvalue weighted by molar-refractivity contribution is 7.99. The predicted molar refractivity (Wildman–Crippen MR) is 76.4 cm³/mol. The van der Waals surface area contributed by atoms with Crippen LogP contribution in [0.4, 0.5) is 5.82 Å². The van der Waals surface area contributed by atoms with Crippen LogP contribution in [0, 0.1) is 0 Å². The molecule has 1 N–H and O–H groups in total. The summed E-state index contributed by atoms with van der Waals surface area (Å²) in [5.41, 5.74) is 1.13. The number of nitrogens with one attached hydrogen (secondary N) is 1. The molecule has 6 heteroatoms. The Morgan fingerprint density at radius 1 is 1.21 bits per heavy atom. The van der Waals surface area contributed by atoms with Gasteiger partial charge in [0.1, 0.15) is 22.2 Å². The average Bonchev–Trinajstić information content (AvgIpc) is 2.40. The van der Waals surface area contributed by atoms with Crippen LogP contribution in [0.2, 0.25) is 0 Å². The van der Waals surface area contributed by atoms with Gasteiger partial charge in [-0.1, -0.05) is 13.8 Å². The maximum absolute atomic E-state index is 4.38. The van der Waals surface area contributed by atoms with Crippen LogP contribution in [0.25, 0.3) is 0 Å². The Balaban J connectivity index is 2.36. The topological polar surface area (TPSA) is 63.6 Å². The van der Waals surface area contributed by atoms with Gasteiger partial charge in [0.25, 0.3) is 0 Å². The average molecular weight is 275 g/mol. The highest BCUT2D eigenvalue weighted by atomic mass is 32.2. The molecular weight excluding hydrogens is 258 g/mol. The lowest BCUT2D eigenvalue weighted by atomic mass is 10.1. The second-order valence-electron chi connectivity index (χ2n) is 4.27. The van der Waals surface area contributed by atoms with Gasteiger partial charge in [-0.2, -0.15) is 0 Å². The van der Waals surface area contributed by atoms with Crippen molar-refractivity contribution in [1.82, 2.24) is 19.9 Å².